The second kappa shape index (κ2) is 10.3. The summed E-state index contributed by atoms with van der Waals surface area (Å²) in [5.41, 5.74) is 0.877. The van der Waals surface area contributed by atoms with Crippen molar-refractivity contribution in [2.45, 2.75) is 31.1 Å². The Hall–Kier alpha value is -3.07. The number of imide groups is 1. The minimum Gasteiger partial charge on any atom is -0.492 e. The van der Waals surface area contributed by atoms with Crippen LogP contribution in [0.5, 0.6) is 5.75 Å². The maximum Gasteiger partial charge on any atom is 0.326 e. The molecule has 3 rings (SSSR count). The quantitative estimate of drug-likeness (QED) is 0.598. The van der Waals surface area contributed by atoms with Gasteiger partial charge in [-0.05, 0) is 42.7 Å². The van der Waals surface area contributed by atoms with Gasteiger partial charge in [0.15, 0.2) is 0 Å². The Kier molecular flexibility index (Phi) is 7.51. The van der Waals surface area contributed by atoms with Crippen LogP contribution in [0.25, 0.3) is 0 Å². The minimum absolute atomic E-state index is 0.182. The van der Waals surface area contributed by atoms with Crippen LogP contribution >= 0.6 is 11.8 Å². The van der Waals surface area contributed by atoms with Crippen LogP contribution in [0.4, 0.5) is 10.6 Å². The van der Waals surface area contributed by atoms with Crippen LogP contribution in [0.15, 0.2) is 48.7 Å². The highest BCUT2D eigenvalue weighted by molar-refractivity contribution is 8.15. The smallest absolute Gasteiger partial charge is 0.326 e. The molecule has 0 saturated carbocycles. The summed E-state index contributed by atoms with van der Waals surface area (Å²) >= 11 is 0.888. The molecular formula is C22H25N3O5S. The molecule has 2 unspecified atom stereocenters. The summed E-state index contributed by atoms with van der Waals surface area (Å²) in [5, 5.41) is 8.16. The number of aliphatic carboxylic acids is 1. The molecule has 2 aromatic rings. The number of thioether (sulfide) groups is 1. The molecule has 2 atom stereocenters. The van der Waals surface area contributed by atoms with E-state index in [0.29, 0.717) is 25.3 Å². The van der Waals surface area contributed by atoms with E-state index in [1.165, 1.54) is 0 Å². The molecule has 2 amide bonds. The van der Waals surface area contributed by atoms with Gasteiger partial charge in [-0.1, -0.05) is 36.9 Å². The van der Waals surface area contributed by atoms with E-state index in [0.717, 1.165) is 28.0 Å². The largest absolute Gasteiger partial charge is 0.492 e. The van der Waals surface area contributed by atoms with Crippen molar-refractivity contribution >= 4 is 34.7 Å². The van der Waals surface area contributed by atoms with Gasteiger partial charge in [-0.2, -0.15) is 0 Å². The second-order valence-electron chi connectivity index (χ2n) is 7.15. The van der Waals surface area contributed by atoms with Gasteiger partial charge in [-0.15, -0.1) is 0 Å². The number of carbonyl (C=O) groups excluding carboxylic acids is 2. The number of likely N-dealkylation sites (N-methyl/N-ethyl adjacent to an activating group) is 1. The summed E-state index contributed by atoms with van der Waals surface area (Å²) in [5.74, 6) is -0.0297. The summed E-state index contributed by atoms with van der Waals surface area (Å²) in [6.07, 6.45) is 2.28. The fraction of sp³-hybridized carbons (Fsp3) is 0.364. The van der Waals surface area contributed by atoms with Crippen LogP contribution < -0.4 is 9.64 Å². The van der Waals surface area contributed by atoms with E-state index in [1.54, 1.807) is 13.1 Å². The zero-order chi connectivity index (χ0) is 22.4. The first-order valence-electron chi connectivity index (χ1n) is 10.0. The highest BCUT2D eigenvalue weighted by Gasteiger charge is 2.45. The molecule has 1 aliphatic heterocycles. The Bertz CT molecular complexity index is 923. The predicted octanol–water partition coefficient (Wildman–Crippen LogP) is 3.07. The Morgan fingerprint density at radius 2 is 2.00 bits per heavy atom. The fourth-order valence-electron chi connectivity index (χ4n) is 3.28. The Labute approximate surface area is 185 Å². The lowest BCUT2D eigenvalue weighted by atomic mass is 10.1. The zero-order valence-electron chi connectivity index (χ0n) is 17.4. The standard InChI is InChI=1S/C22H25N3O5S/c1-3-17(21(27)28)25-20(26)18(31-22(25)29)14-15-7-9-16(10-8-15)30-13-12-24(2)19-6-4-5-11-23-19/h4-11,17-18H,3,12-14H2,1-2H3,(H,27,28). The van der Waals surface area contributed by atoms with Crippen LogP contribution in [-0.2, 0) is 16.0 Å². The van der Waals surface area contributed by atoms with Crippen molar-refractivity contribution in [1.29, 1.82) is 0 Å². The second-order valence-corrected chi connectivity index (χ2v) is 8.30. The van der Waals surface area contributed by atoms with Crippen LogP contribution in [0.1, 0.15) is 18.9 Å². The van der Waals surface area contributed by atoms with Gasteiger partial charge in [0.1, 0.15) is 24.2 Å². The number of carboxylic acids is 1. The highest BCUT2D eigenvalue weighted by atomic mass is 32.2. The molecular weight excluding hydrogens is 418 g/mol. The molecule has 1 saturated heterocycles. The Morgan fingerprint density at radius 1 is 1.26 bits per heavy atom. The summed E-state index contributed by atoms with van der Waals surface area (Å²) < 4.78 is 5.78. The molecule has 1 aromatic carbocycles. The monoisotopic (exact) mass is 443 g/mol. The van der Waals surface area contributed by atoms with Crippen LogP contribution in [0.3, 0.4) is 0 Å². The Morgan fingerprint density at radius 3 is 2.61 bits per heavy atom. The third kappa shape index (κ3) is 5.55. The molecule has 1 aliphatic rings. The summed E-state index contributed by atoms with van der Waals surface area (Å²) in [6, 6.07) is 12.0. The summed E-state index contributed by atoms with van der Waals surface area (Å²) in [6.45, 7) is 2.80. The number of ether oxygens (including phenoxy) is 1. The van der Waals surface area contributed by atoms with E-state index >= 15 is 0 Å². The molecule has 164 valence electrons. The maximum absolute atomic E-state index is 12.6. The number of benzene rings is 1. The van der Waals surface area contributed by atoms with E-state index in [1.807, 2.05) is 54.4 Å². The minimum atomic E-state index is -1.17. The third-order valence-electron chi connectivity index (χ3n) is 5.02. The number of hydrogen-bond acceptors (Lipinski definition) is 7. The molecule has 9 heteroatoms. The van der Waals surface area contributed by atoms with Crippen molar-refractivity contribution in [1.82, 2.24) is 9.88 Å². The van der Waals surface area contributed by atoms with Crippen molar-refractivity contribution in [3.05, 3.63) is 54.2 Å². The van der Waals surface area contributed by atoms with Gasteiger partial charge in [-0.25, -0.2) is 9.78 Å². The number of rotatable bonds is 10. The average molecular weight is 444 g/mol. The van der Waals surface area contributed by atoms with Gasteiger partial charge in [0.05, 0.1) is 11.8 Å². The molecule has 2 heterocycles. The van der Waals surface area contributed by atoms with Gasteiger partial charge in [0.2, 0.25) is 5.91 Å². The molecule has 1 aromatic heterocycles. The first-order valence-corrected chi connectivity index (χ1v) is 10.9. The van der Waals surface area contributed by atoms with Crippen molar-refractivity contribution in [3.8, 4) is 5.75 Å². The van der Waals surface area contributed by atoms with Crippen LogP contribution in [0, 0.1) is 0 Å². The third-order valence-corrected chi connectivity index (χ3v) is 6.07. The van der Waals surface area contributed by atoms with Crippen LogP contribution in [-0.4, -0.2) is 63.6 Å². The normalized spacial score (nSPS) is 17.0. The number of carboxylic acid groups (broad SMARTS) is 1. The van der Waals surface area contributed by atoms with E-state index < -0.39 is 28.4 Å². The lowest BCUT2D eigenvalue weighted by molar-refractivity contribution is -0.146. The van der Waals surface area contributed by atoms with Gasteiger partial charge in [-0.3, -0.25) is 14.5 Å². The molecule has 0 radical (unpaired) electrons. The fourth-order valence-corrected chi connectivity index (χ4v) is 4.35. The summed E-state index contributed by atoms with van der Waals surface area (Å²) in [7, 11) is 1.95. The zero-order valence-corrected chi connectivity index (χ0v) is 18.2. The molecule has 1 fully saturated rings. The van der Waals surface area contributed by atoms with Gasteiger partial charge >= 0.3 is 5.97 Å². The molecule has 0 bridgehead atoms. The first kappa shape index (κ1) is 22.6. The SMILES string of the molecule is CCC(C(=O)O)N1C(=O)SC(Cc2ccc(OCCN(C)c3ccccn3)cc2)C1=O. The lowest BCUT2D eigenvalue weighted by Gasteiger charge is -2.20. The molecule has 8 nitrogen and oxygen atoms in total. The van der Waals surface area contributed by atoms with E-state index in [2.05, 4.69) is 4.98 Å². The topological polar surface area (TPSA) is 100 Å². The Balaban J connectivity index is 1.52. The van der Waals surface area contributed by atoms with Crippen molar-refractivity contribution in [2.75, 3.05) is 25.1 Å². The maximum atomic E-state index is 12.6. The molecule has 31 heavy (non-hydrogen) atoms. The number of hydrogen-bond donors (Lipinski definition) is 1. The van der Waals surface area contributed by atoms with Crippen molar-refractivity contribution in [2.24, 2.45) is 0 Å². The van der Waals surface area contributed by atoms with E-state index in [4.69, 9.17) is 4.74 Å². The molecule has 0 aliphatic carbocycles. The number of pyridine rings is 1. The number of amides is 2. The highest BCUT2D eigenvalue weighted by Crippen LogP contribution is 2.32. The molecule has 1 N–H and O–H groups in total. The number of aromatic nitrogens is 1. The van der Waals surface area contributed by atoms with Gasteiger partial charge < -0.3 is 14.7 Å². The van der Waals surface area contributed by atoms with E-state index in [-0.39, 0.29) is 6.42 Å². The number of carbonyl (C=O) groups is 3. The van der Waals surface area contributed by atoms with Crippen molar-refractivity contribution < 1.29 is 24.2 Å². The molecule has 0 spiro atoms. The number of nitrogens with zero attached hydrogens (tertiary/aromatic N) is 3. The first-order chi connectivity index (χ1) is 14.9. The number of anilines is 1. The predicted molar refractivity (Wildman–Crippen MR) is 118 cm³/mol. The van der Waals surface area contributed by atoms with Gasteiger partial charge in [0, 0.05) is 13.2 Å². The van der Waals surface area contributed by atoms with Gasteiger partial charge in [0.25, 0.3) is 5.24 Å². The van der Waals surface area contributed by atoms with Crippen molar-refractivity contribution in [3.63, 3.8) is 0 Å². The summed E-state index contributed by atoms with van der Waals surface area (Å²) in [4.78, 5) is 43.3. The lowest BCUT2D eigenvalue weighted by Crippen LogP contribution is -2.45. The van der Waals surface area contributed by atoms with E-state index in [9.17, 15) is 19.5 Å². The average Bonchev–Trinajstić information content (AvgIpc) is 3.03. The van der Waals surface area contributed by atoms with Crippen LogP contribution in [0.2, 0.25) is 0 Å².